The lowest BCUT2D eigenvalue weighted by atomic mass is 10.4. The summed E-state index contributed by atoms with van der Waals surface area (Å²) in [6.45, 7) is 2.47. The van der Waals surface area contributed by atoms with Gasteiger partial charge in [-0.05, 0) is 28.4 Å². The van der Waals surface area contributed by atoms with Crippen molar-refractivity contribution < 1.29 is 0 Å². The molecule has 0 radical (unpaired) electrons. The van der Waals surface area contributed by atoms with Gasteiger partial charge in [-0.2, -0.15) is 5.10 Å². The van der Waals surface area contributed by atoms with Gasteiger partial charge < -0.3 is 5.73 Å². The van der Waals surface area contributed by atoms with Crippen molar-refractivity contribution in [2.45, 2.75) is 13.5 Å². The average molecular weight is 268 g/mol. The van der Waals surface area contributed by atoms with E-state index in [1.807, 2.05) is 6.92 Å². The molecule has 78 valence electrons. The minimum Gasteiger partial charge on any atom is -0.381 e. The lowest BCUT2D eigenvalue weighted by Crippen LogP contribution is -2.05. The number of hydrogen-bond acceptors (Lipinski definition) is 4. The van der Waals surface area contributed by atoms with Crippen LogP contribution in [0.15, 0.2) is 23.1 Å². The van der Waals surface area contributed by atoms with Crippen molar-refractivity contribution in [3.8, 4) is 0 Å². The predicted octanol–water partition coefficient (Wildman–Crippen LogP) is 1.37. The summed E-state index contributed by atoms with van der Waals surface area (Å²) in [5.41, 5.74) is 6.64. The highest BCUT2D eigenvalue weighted by molar-refractivity contribution is 9.10. The van der Waals surface area contributed by atoms with Crippen molar-refractivity contribution in [1.29, 1.82) is 0 Å². The first-order chi connectivity index (χ1) is 7.15. The normalized spacial score (nSPS) is 10.5. The summed E-state index contributed by atoms with van der Waals surface area (Å²) in [7, 11) is 0. The number of aryl methyl sites for hydroxylation is 1. The molecule has 0 atom stereocenters. The van der Waals surface area contributed by atoms with Crippen LogP contribution >= 0.6 is 15.9 Å². The van der Waals surface area contributed by atoms with Crippen molar-refractivity contribution >= 4 is 21.7 Å². The molecule has 2 rings (SSSR count). The quantitative estimate of drug-likeness (QED) is 0.893. The molecule has 5 nitrogen and oxygen atoms in total. The summed E-state index contributed by atoms with van der Waals surface area (Å²) >= 11 is 3.29. The fourth-order valence-electron chi connectivity index (χ4n) is 1.14. The van der Waals surface area contributed by atoms with Crippen molar-refractivity contribution in [2.75, 3.05) is 5.73 Å². The summed E-state index contributed by atoms with van der Waals surface area (Å²) in [6.07, 6.45) is 5.37. The molecule has 0 aliphatic rings. The molecule has 0 spiro atoms. The van der Waals surface area contributed by atoms with Crippen LogP contribution in [-0.4, -0.2) is 19.7 Å². The Bertz CT molecular complexity index is 442. The average Bonchev–Trinajstić information content (AvgIpc) is 2.50. The second kappa shape index (κ2) is 3.98. The van der Waals surface area contributed by atoms with Crippen LogP contribution in [0.4, 0.5) is 5.82 Å². The number of halogens is 1. The molecule has 0 aliphatic carbocycles. The second-order valence-electron chi connectivity index (χ2n) is 3.24. The Morgan fingerprint density at radius 1 is 1.40 bits per heavy atom. The summed E-state index contributed by atoms with van der Waals surface area (Å²) in [6, 6.07) is 0. The fraction of sp³-hybridized carbons (Fsp3) is 0.222. The van der Waals surface area contributed by atoms with E-state index < -0.39 is 0 Å². The summed E-state index contributed by atoms with van der Waals surface area (Å²) in [4.78, 5) is 8.37. The van der Waals surface area contributed by atoms with Crippen LogP contribution in [0.25, 0.3) is 0 Å². The monoisotopic (exact) mass is 267 g/mol. The van der Waals surface area contributed by atoms with Crippen molar-refractivity contribution in [3.05, 3.63) is 34.5 Å². The van der Waals surface area contributed by atoms with Gasteiger partial charge in [0.15, 0.2) is 5.82 Å². The van der Waals surface area contributed by atoms with Gasteiger partial charge in [-0.15, -0.1) is 0 Å². The highest BCUT2D eigenvalue weighted by Gasteiger charge is 2.03. The Hall–Kier alpha value is -1.43. The Labute approximate surface area is 95.5 Å². The minimum absolute atomic E-state index is 0.474. The van der Waals surface area contributed by atoms with Gasteiger partial charge in [-0.3, -0.25) is 4.68 Å². The molecule has 0 amide bonds. The number of nitrogens with zero attached hydrogens (tertiary/aromatic N) is 4. The number of rotatable bonds is 2. The Balaban J connectivity index is 2.18. The zero-order valence-electron chi connectivity index (χ0n) is 8.18. The predicted molar refractivity (Wildman–Crippen MR) is 60.2 cm³/mol. The molecule has 0 saturated heterocycles. The maximum absolute atomic E-state index is 5.60. The molecule has 6 heteroatoms. The highest BCUT2D eigenvalue weighted by atomic mass is 79.9. The number of nitrogen functional groups attached to an aromatic ring is 1. The van der Waals surface area contributed by atoms with Crippen LogP contribution in [0.1, 0.15) is 11.4 Å². The third-order valence-electron chi connectivity index (χ3n) is 1.88. The Morgan fingerprint density at radius 3 is 2.60 bits per heavy atom. The first kappa shape index (κ1) is 10.1. The largest absolute Gasteiger partial charge is 0.381 e. The maximum Gasteiger partial charge on any atom is 0.159 e. The van der Waals surface area contributed by atoms with E-state index in [0.29, 0.717) is 12.4 Å². The zero-order chi connectivity index (χ0) is 10.8. The fourth-order valence-corrected chi connectivity index (χ4v) is 1.45. The summed E-state index contributed by atoms with van der Waals surface area (Å²) in [5, 5.41) is 4.10. The van der Waals surface area contributed by atoms with E-state index in [-0.39, 0.29) is 0 Å². The van der Waals surface area contributed by atoms with E-state index in [9.17, 15) is 0 Å². The van der Waals surface area contributed by atoms with Crippen LogP contribution < -0.4 is 5.73 Å². The molecular weight excluding hydrogens is 258 g/mol. The molecule has 2 N–H and O–H groups in total. The van der Waals surface area contributed by atoms with E-state index in [1.165, 1.54) is 0 Å². The second-order valence-corrected chi connectivity index (χ2v) is 4.09. The maximum atomic E-state index is 5.60. The first-order valence-corrected chi connectivity index (χ1v) is 5.20. The van der Waals surface area contributed by atoms with Crippen LogP contribution in [0, 0.1) is 6.92 Å². The van der Waals surface area contributed by atoms with Crippen LogP contribution in [-0.2, 0) is 6.54 Å². The molecule has 0 aromatic carbocycles. The number of anilines is 1. The van der Waals surface area contributed by atoms with Gasteiger partial charge in [-0.25, -0.2) is 9.97 Å². The Kier molecular flexibility index (Phi) is 2.68. The van der Waals surface area contributed by atoms with Crippen molar-refractivity contribution in [2.24, 2.45) is 0 Å². The lowest BCUT2D eigenvalue weighted by molar-refractivity contribution is 0.656. The summed E-state index contributed by atoms with van der Waals surface area (Å²) in [5.74, 6) is 1.19. The molecule has 15 heavy (non-hydrogen) atoms. The summed E-state index contributed by atoms with van der Waals surface area (Å²) < 4.78 is 2.49. The van der Waals surface area contributed by atoms with Gasteiger partial charge >= 0.3 is 0 Å². The molecule has 2 heterocycles. The molecule has 0 fully saturated rings. The van der Waals surface area contributed by atoms with E-state index in [2.05, 4.69) is 31.0 Å². The van der Waals surface area contributed by atoms with Crippen LogP contribution in [0.5, 0.6) is 0 Å². The number of aromatic nitrogens is 4. The molecule has 0 aliphatic heterocycles. The molecular formula is C9H10BrN5. The van der Waals surface area contributed by atoms with Crippen molar-refractivity contribution in [1.82, 2.24) is 19.7 Å². The van der Waals surface area contributed by atoms with E-state index in [0.717, 1.165) is 15.9 Å². The molecule has 0 unspecified atom stereocenters. The van der Waals surface area contributed by atoms with Gasteiger partial charge in [0, 0.05) is 18.6 Å². The Morgan fingerprint density at radius 2 is 2.07 bits per heavy atom. The number of nitrogens with two attached hydrogens (primary N) is 1. The molecule has 0 saturated carbocycles. The van der Waals surface area contributed by atoms with E-state index in [4.69, 9.17) is 5.73 Å². The van der Waals surface area contributed by atoms with Gasteiger partial charge in [-0.1, -0.05) is 0 Å². The van der Waals surface area contributed by atoms with Gasteiger partial charge in [0.1, 0.15) is 12.4 Å². The topological polar surface area (TPSA) is 69.6 Å². The van der Waals surface area contributed by atoms with E-state index in [1.54, 1.807) is 23.3 Å². The minimum atomic E-state index is 0.474. The third-order valence-corrected chi connectivity index (χ3v) is 2.49. The molecule has 2 aromatic rings. The highest BCUT2D eigenvalue weighted by Crippen LogP contribution is 2.16. The number of hydrogen-bond donors (Lipinski definition) is 1. The third kappa shape index (κ3) is 2.33. The van der Waals surface area contributed by atoms with E-state index >= 15 is 0 Å². The van der Waals surface area contributed by atoms with Crippen molar-refractivity contribution in [3.63, 3.8) is 0 Å². The zero-order valence-corrected chi connectivity index (χ0v) is 9.77. The SMILES string of the molecule is Cc1cnc(Cn2cc(Br)c(N)n2)nc1. The van der Waals surface area contributed by atoms with Gasteiger partial charge in [0.25, 0.3) is 0 Å². The smallest absolute Gasteiger partial charge is 0.159 e. The standard InChI is InChI=1S/C9H10BrN5/c1-6-2-12-8(13-3-6)5-15-4-7(10)9(11)14-15/h2-4H,5H2,1H3,(H2,11,14). The molecule has 2 aromatic heterocycles. The van der Waals surface area contributed by atoms with Gasteiger partial charge in [0.2, 0.25) is 0 Å². The van der Waals surface area contributed by atoms with Crippen LogP contribution in [0.3, 0.4) is 0 Å². The van der Waals surface area contributed by atoms with Gasteiger partial charge in [0.05, 0.1) is 4.47 Å². The molecule has 0 bridgehead atoms. The lowest BCUT2D eigenvalue weighted by Gasteiger charge is -1.99. The first-order valence-electron chi connectivity index (χ1n) is 4.41. The van der Waals surface area contributed by atoms with Crippen LogP contribution in [0.2, 0.25) is 0 Å².